The van der Waals surface area contributed by atoms with Gasteiger partial charge in [0.2, 0.25) is 6.41 Å². The molecule has 0 fully saturated rings. The number of imidazole rings is 1. The maximum atomic E-state index is 9.91. The molecule has 0 aliphatic rings. The van der Waals surface area contributed by atoms with Crippen molar-refractivity contribution in [1.82, 2.24) is 15.3 Å². The highest BCUT2D eigenvalue weighted by molar-refractivity contribution is 7.98. The van der Waals surface area contributed by atoms with Crippen LogP contribution < -0.4 is 5.32 Å². The van der Waals surface area contributed by atoms with E-state index in [0.29, 0.717) is 0 Å². The molecule has 0 radical (unpaired) electrons. The van der Waals surface area contributed by atoms with E-state index in [1.54, 1.807) is 18.1 Å². The molecule has 0 spiro atoms. The van der Waals surface area contributed by atoms with Crippen LogP contribution in [0.5, 0.6) is 0 Å². The highest BCUT2D eigenvalue weighted by Gasteiger charge is 1.99. The van der Waals surface area contributed by atoms with Gasteiger partial charge < -0.3 is 10.3 Å². The van der Waals surface area contributed by atoms with Gasteiger partial charge in [-0.15, -0.1) is 0 Å². The molecule has 0 saturated heterocycles. The van der Waals surface area contributed by atoms with Crippen molar-refractivity contribution in [2.75, 3.05) is 12.3 Å². The Kier molecular flexibility index (Phi) is 4.39. The Balaban J connectivity index is 2.13. The summed E-state index contributed by atoms with van der Waals surface area (Å²) in [7, 11) is 0. The highest BCUT2D eigenvalue weighted by Crippen LogP contribution is 2.11. The molecule has 0 aromatic carbocycles. The molecule has 1 amide bonds. The van der Waals surface area contributed by atoms with E-state index in [0.717, 1.165) is 35.8 Å². The minimum atomic E-state index is 0.720. The van der Waals surface area contributed by atoms with Crippen LogP contribution in [0.1, 0.15) is 11.4 Å². The Labute approximate surface area is 81.5 Å². The predicted molar refractivity (Wildman–Crippen MR) is 53.6 cm³/mol. The number of hydrogen-bond donors (Lipinski definition) is 2. The Hall–Kier alpha value is -0.970. The van der Waals surface area contributed by atoms with Gasteiger partial charge in [0.15, 0.2) is 0 Å². The fraction of sp³-hybridized carbons (Fsp3) is 0.500. The van der Waals surface area contributed by atoms with Crippen LogP contribution in [0.3, 0.4) is 0 Å². The van der Waals surface area contributed by atoms with Gasteiger partial charge in [-0.25, -0.2) is 4.98 Å². The number of rotatable bonds is 6. The summed E-state index contributed by atoms with van der Waals surface area (Å²) in [5, 5.41) is 2.61. The smallest absolute Gasteiger partial charge is 0.207 e. The lowest BCUT2D eigenvalue weighted by Crippen LogP contribution is -2.14. The average Bonchev–Trinajstić information content (AvgIpc) is 2.52. The van der Waals surface area contributed by atoms with E-state index in [1.807, 2.05) is 6.92 Å². The fourth-order valence-corrected chi connectivity index (χ4v) is 1.78. The Morgan fingerprint density at radius 2 is 2.62 bits per heavy atom. The number of amides is 1. The summed E-state index contributed by atoms with van der Waals surface area (Å²) >= 11 is 1.76. The molecule has 2 N–H and O–H groups in total. The zero-order chi connectivity index (χ0) is 9.52. The van der Waals surface area contributed by atoms with Crippen molar-refractivity contribution in [1.29, 1.82) is 0 Å². The Bertz CT molecular complexity index is 262. The van der Waals surface area contributed by atoms with Gasteiger partial charge in [0.25, 0.3) is 0 Å². The summed E-state index contributed by atoms with van der Waals surface area (Å²) in [5.41, 5.74) is 2.21. The standard InChI is InChI=1S/C8H13N3OS/c1-7-8(11-5-10-7)4-13-3-2-9-6-12/h5-6H,2-4H2,1H3,(H,9,12)(H,10,11). The summed E-state index contributed by atoms with van der Waals surface area (Å²) in [6.45, 7) is 2.73. The largest absolute Gasteiger partial charge is 0.358 e. The number of H-pyrrole nitrogens is 1. The van der Waals surface area contributed by atoms with Crippen molar-refractivity contribution in [2.45, 2.75) is 12.7 Å². The first-order chi connectivity index (χ1) is 6.34. The van der Waals surface area contributed by atoms with E-state index in [1.165, 1.54) is 0 Å². The molecular weight excluding hydrogens is 186 g/mol. The summed E-state index contributed by atoms with van der Waals surface area (Å²) in [5.74, 6) is 1.82. The van der Waals surface area contributed by atoms with Gasteiger partial charge in [0, 0.05) is 23.7 Å². The van der Waals surface area contributed by atoms with Crippen molar-refractivity contribution in [3.05, 3.63) is 17.7 Å². The second kappa shape index (κ2) is 5.64. The number of carbonyl (C=O) groups is 1. The van der Waals surface area contributed by atoms with Gasteiger partial charge in [-0.2, -0.15) is 11.8 Å². The van der Waals surface area contributed by atoms with Crippen LogP contribution in [-0.2, 0) is 10.5 Å². The summed E-state index contributed by atoms with van der Waals surface area (Å²) in [6, 6.07) is 0. The summed E-state index contributed by atoms with van der Waals surface area (Å²) in [4.78, 5) is 17.1. The number of carbonyl (C=O) groups excluding carboxylic acids is 1. The van der Waals surface area contributed by atoms with Crippen molar-refractivity contribution >= 4 is 18.2 Å². The van der Waals surface area contributed by atoms with E-state index in [9.17, 15) is 4.79 Å². The first kappa shape index (κ1) is 10.1. The third-order valence-electron chi connectivity index (χ3n) is 1.65. The van der Waals surface area contributed by atoms with E-state index < -0.39 is 0 Å². The Morgan fingerprint density at radius 1 is 1.77 bits per heavy atom. The number of thioether (sulfide) groups is 1. The van der Waals surface area contributed by atoms with Gasteiger partial charge in [0.1, 0.15) is 0 Å². The number of aromatic amines is 1. The van der Waals surface area contributed by atoms with Crippen molar-refractivity contribution < 1.29 is 4.79 Å². The van der Waals surface area contributed by atoms with Crippen LogP contribution in [0.15, 0.2) is 6.33 Å². The number of nitrogens with zero attached hydrogens (tertiary/aromatic N) is 1. The van der Waals surface area contributed by atoms with E-state index in [2.05, 4.69) is 15.3 Å². The molecular formula is C8H13N3OS. The first-order valence-corrected chi connectivity index (χ1v) is 5.23. The van der Waals surface area contributed by atoms with Crippen LogP contribution in [0.4, 0.5) is 0 Å². The normalized spacial score (nSPS) is 9.92. The number of aryl methyl sites for hydroxylation is 1. The lowest BCUT2D eigenvalue weighted by Gasteiger charge is -1.99. The number of hydrogen-bond acceptors (Lipinski definition) is 3. The molecule has 1 rings (SSSR count). The molecule has 0 unspecified atom stereocenters. The molecule has 1 heterocycles. The summed E-state index contributed by atoms with van der Waals surface area (Å²) < 4.78 is 0. The lowest BCUT2D eigenvalue weighted by atomic mass is 10.4. The topological polar surface area (TPSA) is 57.8 Å². The van der Waals surface area contributed by atoms with E-state index in [-0.39, 0.29) is 0 Å². The van der Waals surface area contributed by atoms with Gasteiger partial charge >= 0.3 is 0 Å². The number of aromatic nitrogens is 2. The zero-order valence-corrected chi connectivity index (χ0v) is 8.36. The molecule has 1 aromatic heterocycles. The first-order valence-electron chi connectivity index (χ1n) is 4.08. The molecule has 4 nitrogen and oxygen atoms in total. The molecule has 0 aliphatic heterocycles. The van der Waals surface area contributed by atoms with Gasteiger partial charge in [-0.3, -0.25) is 4.79 Å². The maximum absolute atomic E-state index is 9.91. The predicted octanol–water partition coefficient (Wildman–Crippen LogP) is 0.697. The quantitative estimate of drug-likeness (QED) is 0.523. The van der Waals surface area contributed by atoms with Crippen molar-refractivity contribution in [3.8, 4) is 0 Å². The van der Waals surface area contributed by atoms with Crippen LogP contribution >= 0.6 is 11.8 Å². The monoisotopic (exact) mass is 199 g/mol. The minimum absolute atomic E-state index is 0.720. The van der Waals surface area contributed by atoms with Crippen LogP contribution in [-0.4, -0.2) is 28.7 Å². The second-order valence-corrected chi connectivity index (χ2v) is 3.70. The molecule has 0 atom stereocenters. The van der Waals surface area contributed by atoms with E-state index >= 15 is 0 Å². The molecule has 0 aliphatic carbocycles. The SMILES string of the molecule is Cc1[nH]cnc1CSCCNC=O. The lowest BCUT2D eigenvalue weighted by molar-refractivity contribution is -0.109. The van der Waals surface area contributed by atoms with Crippen molar-refractivity contribution in [2.24, 2.45) is 0 Å². The highest BCUT2D eigenvalue weighted by atomic mass is 32.2. The second-order valence-electron chi connectivity index (χ2n) is 2.60. The van der Waals surface area contributed by atoms with Gasteiger partial charge in [-0.05, 0) is 6.92 Å². The van der Waals surface area contributed by atoms with Crippen LogP contribution in [0, 0.1) is 6.92 Å². The van der Waals surface area contributed by atoms with E-state index in [4.69, 9.17) is 0 Å². The fourth-order valence-electron chi connectivity index (χ4n) is 0.892. The van der Waals surface area contributed by atoms with Gasteiger partial charge in [-0.1, -0.05) is 0 Å². The van der Waals surface area contributed by atoms with Crippen LogP contribution in [0.25, 0.3) is 0 Å². The summed E-state index contributed by atoms with van der Waals surface area (Å²) in [6.07, 6.45) is 2.43. The molecule has 0 saturated carbocycles. The molecule has 13 heavy (non-hydrogen) atoms. The molecule has 1 aromatic rings. The van der Waals surface area contributed by atoms with Crippen molar-refractivity contribution in [3.63, 3.8) is 0 Å². The third-order valence-corrected chi connectivity index (χ3v) is 2.62. The molecule has 72 valence electrons. The Morgan fingerprint density at radius 3 is 3.23 bits per heavy atom. The zero-order valence-electron chi connectivity index (χ0n) is 7.54. The van der Waals surface area contributed by atoms with Gasteiger partial charge in [0.05, 0.1) is 12.0 Å². The third kappa shape index (κ3) is 3.50. The minimum Gasteiger partial charge on any atom is -0.358 e. The average molecular weight is 199 g/mol. The molecule has 5 heteroatoms. The van der Waals surface area contributed by atoms with Crippen LogP contribution in [0.2, 0.25) is 0 Å². The molecule has 0 bridgehead atoms. The maximum Gasteiger partial charge on any atom is 0.207 e. The number of nitrogens with one attached hydrogen (secondary N) is 2.